The van der Waals surface area contributed by atoms with E-state index in [9.17, 15) is 29.3 Å². The summed E-state index contributed by atoms with van der Waals surface area (Å²) >= 11 is 0. The molecule has 2 atom stereocenters. The summed E-state index contributed by atoms with van der Waals surface area (Å²) in [4.78, 5) is 63.1. The van der Waals surface area contributed by atoms with Crippen molar-refractivity contribution in [1.29, 1.82) is 0 Å². The summed E-state index contributed by atoms with van der Waals surface area (Å²) in [6, 6.07) is 21.0. The molecule has 1 saturated heterocycles. The SMILES string of the molecule is O=C(COC(=O)CN1C(=O)[C@@H]2C3c4ccccc4C(c4ccccc43)[C@H]2C1=O)Nc1cccc([N+](=O)[O-])c1. The molecular weight excluding hydrogens is 490 g/mol. The second-order valence-corrected chi connectivity index (χ2v) is 9.54. The highest BCUT2D eigenvalue weighted by Crippen LogP contribution is 2.60. The van der Waals surface area contributed by atoms with Crippen LogP contribution in [0.5, 0.6) is 0 Å². The minimum Gasteiger partial charge on any atom is -0.454 e. The summed E-state index contributed by atoms with van der Waals surface area (Å²) in [5, 5.41) is 13.3. The molecule has 38 heavy (non-hydrogen) atoms. The highest BCUT2D eigenvalue weighted by molar-refractivity contribution is 6.09. The van der Waals surface area contributed by atoms with E-state index >= 15 is 0 Å². The third kappa shape index (κ3) is 3.64. The Morgan fingerprint density at radius 3 is 1.87 bits per heavy atom. The number of rotatable bonds is 6. The van der Waals surface area contributed by atoms with Crippen LogP contribution in [0, 0.1) is 22.0 Å². The summed E-state index contributed by atoms with van der Waals surface area (Å²) in [6.45, 7) is -1.27. The summed E-state index contributed by atoms with van der Waals surface area (Å²) in [6.07, 6.45) is 0. The minimum atomic E-state index is -0.901. The zero-order valence-corrected chi connectivity index (χ0v) is 19.9. The molecule has 0 unspecified atom stereocenters. The number of hydrogen-bond acceptors (Lipinski definition) is 7. The number of hydrogen-bond donors (Lipinski definition) is 1. The van der Waals surface area contributed by atoms with Gasteiger partial charge in [0, 0.05) is 29.7 Å². The Labute approximate surface area is 216 Å². The molecule has 3 aromatic rings. The number of non-ortho nitro benzene ring substituents is 1. The van der Waals surface area contributed by atoms with Gasteiger partial charge in [0.1, 0.15) is 6.54 Å². The molecule has 0 radical (unpaired) electrons. The van der Waals surface area contributed by atoms with E-state index in [2.05, 4.69) is 5.32 Å². The number of nitro groups is 1. The third-order valence-electron chi connectivity index (χ3n) is 7.53. The number of esters is 1. The van der Waals surface area contributed by atoms with E-state index in [4.69, 9.17) is 4.74 Å². The van der Waals surface area contributed by atoms with Gasteiger partial charge in [0.25, 0.3) is 11.6 Å². The molecule has 1 heterocycles. The van der Waals surface area contributed by atoms with Crippen molar-refractivity contribution < 1.29 is 28.8 Å². The highest BCUT2D eigenvalue weighted by Gasteiger charge is 2.61. The molecule has 0 saturated carbocycles. The summed E-state index contributed by atoms with van der Waals surface area (Å²) < 4.78 is 5.03. The van der Waals surface area contributed by atoms with Crippen molar-refractivity contribution in [3.63, 3.8) is 0 Å². The molecule has 10 heteroatoms. The summed E-state index contributed by atoms with van der Waals surface area (Å²) in [5.74, 6) is -4.23. The summed E-state index contributed by atoms with van der Waals surface area (Å²) in [5.41, 5.74) is 4.08. The maximum absolute atomic E-state index is 13.5. The minimum absolute atomic E-state index is 0.170. The van der Waals surface area contributed by atoms with E-state index in [1.165, 1.54) is 24.3 Å². The normalized spacial score (nSPS) is 22.4. The first-order valence-corrected chi connectivity index (χ1v) is 12.1. The number of nitro benzene ring substituents is 1. The quantitative estimate of drug-likeness (QED) is 0.233. The first kappa shape index (κ1) is 23.5. The molecule has 2 bridgehead atoms. The second kappa shape index (κ2) is 8.91. The number of benzene rings is 3. The van der Waals surface area contributed by atoms with Gasteiger partial charge in [0.2, 0.25) is 11.8 Å². The van der Waals surface area contributed by atoms with Crippen LogP contribution < -0.4 is 5.32 Å². The fourth-order valence-electron chi connectivity index (χ4n) is 6.11. The molecule has 0 spiro atoms. The van der Waals surface area contributed by atoms with Crippen molar-refractivity contribution >= 4 is 35.1 Å². The number of imide groups is 1. The average molecular weight is 511 g/mol. The van der Waals surface area contributed by atoms with Crippen molar-refractivity contribution in [3.8, 4) is 0 Å². The highest BCUT2D eigenvalue weighted by atomic mass is 16.6. The van der Waals surface area contributed by atoms with E-state index in [1.54, 1.807) is 0 Å². The Bertz CT molecular complexity index is 1420. The van der Waals surface area contributed by atoms with Gasteiger partial charge < -0.3 is 10.1 Å². The Balaban J connectivity index is 1.16. The third-order valence-corrected chi connectivity index (χ3v) is 7.53. The van der Waals surface area contributed by atoms with Gasteiger partial charge in [-0.05, 0) is 28.3 Å². The standard InChI is InChI=1S/C28H21N3O7/c32-21(29-15-6-5-7-16(12-15)31(36)37)14-38-22(33)13-30-27(34)25-23-17-8-1-2-9-18(17)24(26(25)28(30)35)20-11-4-3-10-19(20)23/h1-12,23-26H,13-14H2,(H,29,32)/t23?,24?,25-,26-/m1/s1. The molecule has 1 N–H and O–H groups in total. The molecule has 3 aromatic carbocycles. The first-order valence-electron chi connectivity index (χ1n) is 12.1. The maximum Gasteiger partial charge on any atom is 0.326 e. The molecule has 7 rings (SSSR count). The van der Waals surface area contributed by atoms with Gasteiger partial charge in [-0.3, -0.25) is 34.2 Å². The van der Waals surface area contributed by atoms with E-state index in [0.29, 0.717) is 0 Å². The number of nitrogens with zero attached hydrogens (tertiary/aromatic N) is 2. The van der Waals surface area contributed by atoms with Crippen LogP contribution in [0.25, 0.3) is 0 Å². The smallest absolute Gasteiger partial charge is 0.326 e. The van der Waals surface area contributed by atoms with Crippen LogP contribution in [0.15, 0.2) is 72.8 Å². The lowest BCUT2D eigenvalue weighted by Crippen LogP contribution is -2.41. The van der Waals surface area contributed by atoms with E-state index in [1.807, 2.05) is 48.5 Å². The Morgan fingerprint density at radius 1 is 0.842 bits per heavy atom. The van der Waals surface area contributed by atoms with Gasteiger partial charge in [-0.15, -0.1) is 0 Å². The molecule has 190 valence electrons. The average Bonchev–Trinajstić information content (AvgIpc) is 3.17. The van der Waals surface area contributed by atoms with Crippen LogP contribution in [0.1, 0.15) is 34.1 Å². The number of likely N-dealkylation sites (tertiary alicyclic amines) is 1. The summed E-state index contributed by atoms with van der Waals surface area (Å²) in [7, 11) is 0. The molecule has 4 aliphatic rings. The number of carbonyl (C=O) groups is 4. The number of ether oxygens (including phenoxy) is 1. The van der Waals surface area contributed by atoms with Gasteiger partial charge in [0.15, 0.2) is 6.61 Å². The van der Waals surface area contributed by atoms with E-state index in [0.717, 1.165) is 27.2 Å². The first-order chi connectivity index (χ1) is 18.3. The van der Waals surface area contributed by atoms with Crippen LogP contribution >= 0.6 is 0 Å². The van der Waals surface area contributed by atoms with Gasteiger partial charge in [-0.2, -0.15) is 0 Å². The van der Waals surface area contributed by atoms with Crippen molar-refractivity contribution in [2.75, 3.05) is 18.5 Å². The lowest BCUT2D eigenvalue weighted by molar-refractivity contribution is -0.384. The van der Waals surface area contributed by atoms with Crippen LogP contribution in [-0.2, 0) is 23.9 Å². The largest absolute Gasteiger partial charge is 0.454 e. The van der Waals surface area contributed by atoms with Crippen LogP contribution in [-0.4, -0.2) is 46.7 Å². The van der Waals surface area contributed by atoms with Crippen LogP contribution in [0.3, 0.4) is 0 Å². The van der Waals surface area contributed by atoms with Crippen molar-refractivity contribution in [2.45, 2.75) is 11.8 Å². The zero-order chi connectivity index (χ0) is 26.6. The van der Waals surface area contributed by atoms with E-state index in [-0.39, 0.29) is 23.2 Å². The Kier molecular flexibility index (Phi) is 5.52. The fourth-order valence-corrected chi connectivity index (χ4v) is 6.11. The molecular formula is C28H21N3O7. The Morgan fingerprint density at radius 2 is 1.37 bits per heavy atom. The second-order valence-electron chi connectivity index (χ2n) is 9.54. The Hall–Kier alpha value is -4.86. The van der Waals surface area contributed by atoms with E-state index < -0.39 is 53.6 Å². The number of carbonyl (C=O) groups excluding carboxylic acids is 4. The monoisotopic (exact) mass is 511 g/mol. The van der Waals surface area contributed by atoms with Crippen molar-refractivity contribution in [1.82, 2.24) is 4.90 Å². The molecule has 1 fully saturated rings. The molecule has 1 aliphatic heterocycles. The molecule has 0 aromatic heterocycles. The van der Waals surface area contributed by atoms with Gasteiger partial charge in [-0.25, -0.2) is 0 Å². The van der Waals surface area contributed by atoms with Crippen LogP contribution in [0.2, 0.25) is 0 Å². The number of anilines is 1. The molecule has 3 aliphatic carbocycles. The predicted molar refractivity (Wildman–Crippen MR) is 133 cm³/mol. The van der Waals surface area contributed by atoms with Gasteiger partial charge in [-0.1, -0.05) is 54.6 Å². The topological polar surface area (TPSA) is 136 Å². The molecule has 3 amide bonds. The fraction of sp³-hybridized carbons (Fsp3) is 0.214. The van der Waals surface area contributed by atoms with Crippen molar-refractivity contribution in [3.05, 3.63) is 105 Å². The zero-order valence-electron chi connectivity index (χ0n) is 19.9. The van der Waals surface area contributed by atoms with Gasteiger partial charge >= 0.3 is 5.97 Å². The number of amides is 3. The number of nitrogens with one attached hydrogen (secondary N) is 1. The lowest BCUT2D eigenvalue weighted by atomic mass is 9.55. The van der Waals surface area contributed by atoms with Crippen molar-refractivity contribution in [2.24, 2.45) is 11.8 Å². The lowest BCUT2D eigenvalue weighted by Gasteiger charge is -2.45. The maximum atomic E-state index is 13.5. The van der Waals surface area contributed by atoms with Crippen LogP contribution in [0.4, 0.5) is 11.4 Å². The predicted octanol–water partition coefficient (Wildman–Crippen LogP) is 2.97. The molecule has 10 nitrogen and oxygen atoms in total. The van der Waals surface area contributed by atoms with Gasteiger partial charge in [0.05, 0.1) is 16.8 Å².